The molecule has 0 unspecified atom stereocenters. The van der Waals surface area contributed by atoms with Gasteiger partial charge in [0, 0.05) is 27.7 Å². The van der Waals surface area contributed by atoms with E-state index in [1.807, 2.05) is 36.4 Å². The van der Waals surface area contributed by atoms with E-state index in [2.05, 4.69) is 57.1 Å². The molecule has 0 aliphatic rings. The molecule has 0 amide bonds. The fourth-order valence-corrected chi connectivity index (χ4v) is 1.88. The van der Waals surface area contributed by atoms with Crippen molar-refractivity contribution in [2.45, 2.75) is 69.2 Å². The van der Waals surface area contributed by atoms with Gasteiger partial charge in [0.2, 0.25) is 0 Å². The lowest BCUT2D eigenvalue weighted by molar-refractivity contribution is -0.141. The maximum Gasteiger partial charge on any atom is 0.302 e. The van der Waals surface area contributed by atoms with E-state index in [-0.39, 0.29) is 23.9 Å². The smallest absolute Gasteiger partial charge is 0.302 e. The zero-order valence-corrected chi connectivity index (χ0v) is 24.9. The maximum absolute atomic E-state index is 9.82. The SMILES string of the molecule is CCOC(C)=O.CCOC(C)=O.CCOC(C)=O.CCOC(C)=O.Cc1ccccc1.Cc1ccccc1. The third-order valence-corrected chi connectivity index (χ3v) is 3.27. The Balaban J connectivity index is -0.000000183. The first-order chi connectivity index (χ1) is 17.9. The van der Waals surface area contributed by atoms with Crippen molar-refractivity contribution >= 4 is 23.9 Å². The van der Waals surface area contributed by atoms with Crippen molar-refractivity contribution in [3.63, 3.8) is 0 Å². The summed E-state index contributed by atoms with van der Waals surface area (Å²) in [6, 6.07) is 20.5. The van der Waals surface area contributed by atoms with Crippen molar-refractivity contribution in [3.05, 3.63) is 71.8 Å². The van der Waals surface area contributed by atoms with Gasteiger partial charge in [-0.05, 0) is 41.5 Å². The molecule has 0 saturated carbocycles. The number of aryl methyl sites for hydroxylation is 2. The van der Waals surface area contributed by atoms with E-state index in [1.165, 1.54) is 38.8 Å². The molecule has 0 bridgehead atoms. The van der Waals surface area contributed by atoms with Gasteiger partial charge in [0.05, 0.1) is 26.4 Å². The number of esters is 4. The van der Waals surface area contributed by atoms with Crippen LogP contribution < -0.4 is 0 Å². The normalized spacial score (nSPS) is 8.05. The summed E-state index contributed by atoms with van der Waals surface area (Å²) in [6.45, 7) is 18.8. The van der Waals surface area contributed by atoms with Crippen LogP contribution in [0.5, 0.6) is 0 Å². The minimum Gasteiger partial charge on any atom is -0.466 e. The highest BCUT2D eigenvalue weighted by atomic mass is 16.5. The molecule has 216 valence electrons. The molecule has 0 N–H and O–H groups in total. The Bertz CT molecular complexity index is 704. The highest BCUT2D eigenvalue weighted by Crippen LogP contribution is 1.92. The van der Waals surface area contributed by atoms with Crippen LogP contribution >= 0.6 is 0 Å². The standard InChI is InChI=1S/2C7H8.4C4H8O2/c2*1-7-5-3-2-4-6-7;4*1-3-6-4(2)5/h2*2-6H,1H3;4*3H2,1-2H3. The molecule has 2 aromatic carbocycles. The molecule has 8 nitrogen and oxygen atoms in total. The molecule has 0 aliphatic heterocycles. The highest BCUT2D eigenvalue weighted by molar-refractivity contribution is 5.66. The first-order valence-corrected chi connectivity index (χ1v) is 12.4. The summed E-state index contributed by atoms with van der Waals surface area (Å²) in [5.74, 6) is -0.843. The van der Waals surface area contributed by atoms with E-state index in [9.17, 15) is 19.2 Å². The van der Waals surface area contributed by atoms with Crippen LogP contribution in [0.3, 0.4) is 0 Å². The van der Waals surface area contributed by atoms with E-state index in [0.29, 0.717) is 26.4 Å². The van der Waals surface area contributed by atoms with E-state index < -0.39 is 0 Å². The summed E-state index contributed by atoms with van der Waals surface area (Å²) in [5, 5.41) is 0. The average Bonchev–Trinajstić information content (AvgIpc) is 2.82. The molecule has 0 aliphatic carbocycles. The number of ether oxygens (including phenoxy) is 4. The molecule has 38 heavy (non-hydrogen) atoms. The van der Waals surface area contributed by atoms with Crippen molar-refractivity contribution in [1.29, 1.82) is 0 Å². The van der Waals surface area contributed by atoms with Gasteiger partial charge < -0.3 is 18.9 Å². The number of carbonyl (C=O) groups excluding carboxylic acids is 4. The average molecular weight is 537 g/mol. The Morgan fingerprint density at radius 1 is 0.447 bits per heavy atom. The summed E-state index contributed by atoms with van der Waals surface area (Å²) in [7, 11) is 0. The van der Waals surface area contributed by atoms with E-state index in [4.69, 9.17) is 0 Å². The fourth-order valence-electron chi connectivity index (χ4n) is 1.88. The Kier molecular flexibility index (Phi) is 36.3. The molecule has 2 rings (SSSR count). The van der Waals surface area contributed by atoms with Crippen molar-refractivity contribution in [1.82, 2.24) is 0 Å². The Morgan fingerprint density at radius 2 is 0.632 bits per heavy atom. The second-order valence-corrected chi connectivity index (χ2v) is 7.01. The molecular weight excluding hydrogens is 488 g/mol. The van der Waals surface area contributed by atoms with Crippen LogP contribution in [0.25, 0.3) is 0 Å². The van der Waals surface area contributed by atoms with Crippen LogP contribution in [-0.4, -0.2) is 50.3 Å². The summed E-state index contributed by atoms with van der Waals surface area (Å²) in [6.07, 6.45) is 0. The summed E-state index contributed by atoms with van der Waals surface area (Å²) in [4.78, 5) is 39.3. The van der Waals surface area contributed by atoms with E-state index >= 15 is 0 Å². The largest absolute Gasteiger partial charge is 0.466 e. The molecule has 0 spiro atoms. The number of benzene rings is 2. The second-order valence-electron chi connectivity index (χ2n) is 7.01. The summed E-state index contributed by atoms with van der Waals surface area (Å²) < 4.78 is 17.6. The van der Waals surface area contributed by atoms with Gasteiger partial charge in [-0.15, -0.1) is 0 Å². The van der Waals surface area contributed by atoms with Crippen LogP contribution in [0, 0.1) is 13.8 Å². The molecule has 8 heteroatoms. The number of hydrogen-bond donors (Lipinski definition) is 0. The van der Waals surface area contributed by atoms with Crippen LogP contribution in [-0.2, 0) is 38.1 Å². The highest BCUT2D eigenvalue weighted by Gasteiger charge is 1.83. The summed E-state index contributed by atoms with van der Waals surface area (Å²) >= 11 is 0. The van der Waals surface area contributed by atoms with Crippen LogP contribution in [0.15, 0.2) is 60.7 Å². The van der Waals surface area contributed by atoms with Gasteiger partial charge in [-0.3, -0.25) is 19.2 Å². The van der Waals surface area contributed by atoms with Gasteiger partial charge in [0.25, 0.3) is 0 Å². The number of rotatable bonds is 4. The minimum atomic E-state index is -0.211. The van der Waals surface area contributed by atoms with Crippen LogP contribution in [0.1, 0.15) is 66.5 Å². The monoisotopic (exact) mass is 536 g/mol. The second kappa shape index (κ2) is 33.3. The molecule has 0 atom stereocenters. The lowest BCUT2D eigenvalue weighted by Crippen LogP contribution is -1.95. The molecule has 0 heterocycles. The van der Waals surface area contributed by atoms with Gasteiger partial charge in [-0.25, -0.2) is 0 Å². The van der Waals surface area contributed by atoms with Gasteiger partial charge in [0.1, 0.15) is 0 Å². The Hall–Kier alpha value is -3.68. The predicted octanol–water partition coefficient (Wildman–Crippen LogP) is 6.27. The van der Waals surface area contributed by atoms with Crippen molar-refractivity contribution in [2.75, 3.05) is 26.4 Å². The minimum absolute atomic E-state index is 0.211. The molecule has 0 saturated heterocycles. The molecule has 0 radical (unpaired) electrons. The summed E-state index contributed by atoms with van der Waals surface area (Å²) in [5.41, 5.74) is 2.64. The molecule has 0 aromatic heterocycles. The first kappa shape index (κ1) is 41.4. The van der Waals surface area contributed by atoms with Crippen molar-refractivity contribution in [3.8, 4) is 0 Å². The van der Waals surface area contributed by atoms with Crippen molar-refractivity contribution in [2.24, 2.45) is 0 Å². The number of carbonyl (C=O) groups is 4. The molecule has 0 fully saturated rings. The van der Waals surface area contributed by atoms with E-state index in [1.54, 1.807) is 27.7 Å². The van der Waals surface area contributed by atoms with Crippen molar-refractivity contribution < 1.29 is 38.1 Å². The lowest BCUT2D eigenvalue weighted by Gasteiger charge is -1.89. The molecular formula is C30H48O8. The van der Waals surface area contributed by atoms with Crippen LogP contribution in [0.2, 0.25) is 0 Å². The van der Waals surface area contributed by atoms with Gasteiger partial charge in [-0.1, -0.05) is 71.8 Å². The fraction of sp³-hybridized carbons (Fsp3) is 0.467. The van der Waals surface area contributed by atoms with Crippen LogP contribution in [0.4, 0.5) is 0 Å². The number of hydrogen-bond acceptors (Lipinski definition) is 8. The first-order valence-electron chi connectivity index (χ1n) is 12.4. The Labute approximate surface area is 229 Å². The third-order valence-electron chi connectivity index (χ3n) is 3.27. The quantitative estimate of drug-likeness (QED) is 0.333. The Morgan fingerprint density at radius 3 is 0.684 bits per heavy atom. The zero-order valence-electron chi connectivity index (χ0n) is 24.9. The van der Waals surface area contributed by atoms with Gasteiger partial charge in [-0.2, -0.15) is 0 Å². The third kappa shape index (κ3) is 53.6. The van der Waals surface area contributed by atoms with Gasteiger partial charge in [0.15, 0.2) is 0 Å². The van der Waals surface area contributed by atoms with Gasteiger partial charge >= 0.3 is 23.9 Å². The maximum atomic E-state index is 9.82. The zero-order chi connectivity index (χ0) is 30.2. The predicted molar refractivity (Wildman–Crippen MR) is 152 cm³/mol. The lowest BCUT2D eigenvalue weighted by atomic mass is 10.2. The topological polar surface area (TPSA) is 105 Å². The van der Waals surface area contributed by atoms with E-state index in [0.717, 1.165) is 0 Å². The molecule has 2 aromatic rings.